The second-order valence-electron chi connectivity index (χ2n) is 5.13. The lowest BCUT2D eigenvalue weighted by Crippen LogP contribution is -2.26. The molecule has 0 spiro atoms. The van der Waals surface area contributed by atoms with Crippen molar-refractivity contribution in [3.8, 4) is 0 Å². The van der Waals surface area contributed by atoms with E-state index in [0.717, 1.165) is 24.2 Å². The summed E-state index contributed by atoms with van der Waals surface area (Å²) in [4.78, 5) is 12.4. The van der Waals surface area contributed by atoms with Gasteiger partial charge in [0.05, 0.1) is 11.6 Å². The van der Waals surface area contributed by atoms with E-state index >= 15 is 0 Å². The molecule has 0 bridgehead atoms. The van der Waals surface area contributed by atoms with E-state index in [1.165, 1.54) is 19.3 Å². The predicted molar refractivity (Wildman–Crippen MR) is 79.3 cm³/mol. The fourth-order valence-corrected chi connectivity index (χ4v) is 2.46. The average Bonchev–Trinajstić information content (AvgIpc) is 2.72. The van der Waals surface area contributed by atoms with Crippen LogP contribution in [0.3, 0.4) is 0 Å². The van der Waals surface area contributed by atoms with E-state index in [9.17, 15) is 4.79 Å². The average molecular weight is 258 g/mol. The van der Waals surface area contributed by atoms with Gasteiger partial charge in [-0.05, 0) is 25.5 Å². The largest absolute Gasteiger partial charge is 0.272 e. The van der Waals surface area contributed by atoms with Crippen LogP contribution in [0.4, 0.5) is 5.69 Å². The maximum Gasteiger partial charge on any atom is 0.256 e. The molecule has 0 radical (unpaired) electrons. The fraction of sp³-hybridized carbons (Fsp3) is 0.500. The third-order valence-electron chi connectivity index (χ3n) is 3.62. The van der Waals surface area contributed by atoms with Gasteiger partial charge in [0.2, 0.25) is 0 Å². The molecule has 0 fully saturated rings. The van der Waals surface area contributed by atoms with E-state index in [1.807, 2.05) is 37.3 Å². The Morgan fingerprint density at radius 1 is 1.16 bits per heavy atom. The van der Waals surface area contributed by atoms with Gasteiger partial charge < -0.3 is 0 Å². The molecule has 1 atom stereocenters. The van der Waals surface area contributed by atoms with Gasteiger partial charge in [-0.25, -0.2) is 5.01 Å². The van der Waals surface area contributed by atoms with Gasteiger partial charge in [0.15, 0.2) is 0 Å². The second-order valence-corrected chi connectivity index (χ2v) is 5.13. The van der Waals surface area contributed by atoms with Gasteiger partial charge in [-0.1, -0.05) is 50.8 Å². The Bertz CT molecular complexity index is 453. The molecule has 102 valence electrons. The summed E-state index contributed by atoms with van der Waals surface area (Å²) in [7, 11) is 0. The molecule has 1 aliphatic rings. The van der Waals surface area contributed by atoms with Crippen LogP contribution in [0.5, 0.6) is 0 Å². The highest BCUT2D eigenvalue weighted by molar-refractivity contribution is 6.14. The molecule has 0 N–H and O–H groups in total. The Morgan fingerprint density at radius 3 is 2.58 bits per heavy atom. The zero-order valence-corrected chi connectivity index (χ0v) is 11.8. The minimum Gasteiger partial charge on any atom is -0.272 e. The monoisotopic (exact) mass is 258 g/mol. The highest BCUT2D eigenvalue weighted by Crippen LogP contribution is 2.26. The number of benzene rings is 1. The third-order valence-corrected chi connectivity index (χ3v) is 3.62. The summed E-state index contributed by atoms with van der Waals surface area (Å²) in [6, 6.07) is 9.66. The lowest BCUT2D eigenvalue weighted by molar-refractivity contribution is -0.119. The lowest BCUT2D eigenvalue weighted by atomic mass is 9.96. The third kappa shape index (κ3) is 3.22. The predicted octanol–water partition coefficient (Wildman–Crippen LogP) is 4.00. The van der Waals surface area contributed by atoms with Gasteiger partial charge in [0.1, 0.15) is 0 Å². The van der Waals surface area contributed by atoms with Crippen molar-refractivity contribution in [1.29, 1.82) is 0 Å². The van der Waals surface area contributed by atoms with Crippen LogP contribution in [0.2, 0.25) is 0 Å². The highest BCUT2D eigenvalue weighted by atomic mass is 16.2. The van der Waals surface area contributed by atoms with Crippen molar-refractivity contribution in [2.45, 2.75) is 46.0 Å². The standard InChI is InChI=1S/C16H22N2O/c1-3-4-5-9-12-15-13(2)17-18(16(15)19)14-10-7-6-8-11-14/h6-8,10-11,15H,3-5,9,12H2,1-2H3. The summed E-state index contributed by atoms with van der Waals surface area (Å²) >= 11 is 0. The SMILES string of the molecule is CCCCCCC1C(=O)N(c2ccccc2)N=C1C. The first-order chi connectivity index (χ1) is 9.24. The highest BCUT2D eigenvalue weighted by Gasteiger charge is 2.33. The van der Waals surface area contributed by atoms with Gasteiger partial charge in [-0.2, -0.15) is 5.10 Å². The Kier molecular flexibility index (Phi) is 4.72. The molecule has 1 heterocycles. The molecule has 3 heteroatoms. The van der Waals surface area contributed by atoms with Crippen LogP contribution in [-0.4, -0.2) is 11.6 Å². The smallest absolute Gasteiger partial charge is 0.256 e. The summed E-state index contributed by atoms with van der Waals surface area (Å²) < 4.78 is 0. The minimum atomic E-state index is -0.0166. The summed E-state index contributed by atoms with van der Waals surface area (Å²) in [5, 5.41) is 5.98. The van der Waals surface area contributed by atoms with Crippen molar-refractivity contribution in [3.63, 3.8) is 0 Å². The molecule has 1 unspecified atom stereocenters. The van der Waals surface area contributed by atoms with Crippen molar-refractivity contribution in [3.05, 3.63) is 30.3 Å². The summed E-state index contributed by atoms with van der Waals surface area (Å²) in [6.45, 7) is 4.16. The van der Waals surface area contributed by atoms with Crippen LogP contribution in [-0.2, 0) is 4.79 Å². The molecular weight excluding hydrogens is 236 g/mol. The van der Waals surface area contributed by atoms with Crippen LogP contribution < -0.4 is 5.01 Å². The first-order valence-electron chi connectivity index (χ1n) is 7.18. The number of carbonyl (C=O) groups excluding carboxylic acids is 1. The Morgan fingerprint density at radius 2 is 1.89 bits per heavy atom. The maximum atomic E-state index is 12.4. The normalized spacial score (nSPS) is 18.8. The van der Waals surface area contributed by atoms with Gasteiger partial charge >= 0.3 is 0 Å². The van der Waals surface area contributed by atoms with Crippen molar-refractivity contribution >= 4 is 17.3 Å². The van der Waals surface area contributed by atoms with Crippen LogP contribution in [0.1, 0.15) is 46.0 Å². The van der Waals surface area contributed by atoms with Crippen LogP contribution in [0.15, 0.2) is 35.4 Å². The topological polar surface area (TPSA) is 32.7 Å². The number of hydrazone groups is 1. The molecule has 0 saturated heterocycles. The van der Waals surface area contributed by atoms with E-state index in [2.05, 4.69) is 12.0 Å². The van der Waals surface area contributed by atoms with Gasteiger partial charge in [0.25, 0.3) is 5.91 Å². The molecule has 3 nitrogen and oxygen atoms in total. The molecule has 0 aliphatic carbocycles. The minimum absolute atomic E-state index is 0.0166. The number of anilines is 1. The van der Waals surface area contributed by atoms with Crippen molar-refractivity contribution in [2.75, 3.05) is 5.01 Å². The van der Waals surface area contributed by atoms with E-state index in [1.54, 1.807) is 5.01 Å². The van der Waals surface area contributed by atoms with Gasteiger partial charge in [0, 0.05) is 5.71 Å². The Hall–Kier alpha value is -1.64. The molecule has 2 rings (SSSR count). The molecule has 1 aromatic rings. The zero-order valence-electron chi connectivity index (χ0n) is 11.8. The number of hydrogen-bond acceptors (Lipinski definition) is 2. The Balaban J connectivity index is 1.98. The number of para-hydroxylation sites is 1. The molecule has 1 aromatic carbocycles. The lowest BCUT2D eigenvalue weighted by Gasteiger charge is -2.14. The van der Waals surface area contributed by atoms with E-state index in [-0.39, 0.29) is 11.8 Å². The fourth-order valence-electron chi connectivity index (χ4n) is 2.46. The number of carbonyl (C=O) groups is 1. The molecule has 0 saturated carbocycles. The molecule has 1 aliphatic heterocycles. The first kappa shape index (κ1) is 13.8. The number of unbranched alkanes of at least 4 members (excludes halogenated alkanes) is 3. The quantitative estimate of drug-likeness (QED) is 0.710. The molecule has 0 aromatic heterocycles. The van der Waals surface area contributed by atoms with Crippen molar-refractivity contribution in [1.82, 2.24) is 0 Å². The maximum absolute atomic E-state index is 12.4. The number of rotatable bonds is 6. The van der Waals surface area contributed by atoms with Crippen molar-refractivity contribution < 1.29 is 4.79 Å². The van der Waals surface area contributed by atoms with Crippen LogP contribution in [0.25, 0.3) is 0 Å². The Labute approximate surface area is 115 Å². The number of hydrogen-bond donors (Lipinski definition) is 0. The molecule has 1 amide bonds. The summed E-state index contributed by atoms with van der Waals surface area (Å²) in [5.41, 5.74) is 1.81. The summed E-state index contributed by atoms with van der Waals surface area (Å²) in [5.74, 6) is 0.109. The van der Waals surface area contributed by atoms with E-state index in [0.29, 0.717) is 0 Å². The van der Waals surface area contributed by atoms with Crippen LogP contribution in [0, 0.1) is 5.92 Å². The van der Waals surface area contributed by atoms with Gasteiger partial charge in [-0.3, -0.25) is 4.79 Å². The van der Waals surface area contributed by atoms with Crippen molar-refractivity contribution in [2.24, 2.45) is 11.0 Å². The van der Waals surface area contributed by atoms with Crippen LogP contribution >= 0.6 is 0 Å². The number of nitrogens with zero attached hydrogens (tertiary/aromatic N) is 2. The zero-order chi connectivity index (χ0) is 13.7. The number of amides is 1. The molecule has 19 heavy (non-hydrogen) atoms. The van der Waals surface area contributed by atoms with Gasteiger partial charge in [-0.15, -0.1) is 0 Å². The molecular formula is C16H22N2O. The first-order valence-corrected chi connectivity index (χ1v) is 7.18. The summed E-state index contributed by atoms with van der Waals surface area (Å²) in [6.07, 6.45) is 5.72. The van der Waals surface area contributed by atoms with E-state index in [4.69, 9.17) is 0 Å². The van der Waals surface area contributed by atoms with E-state index < -0.39 is 0 Å². The second kappa shape index (κ2) is 6.50.